The lowest BCUT2D eigenvalue weighted by Crippen LogP contribution is -2.11. The highest BCUT2D eigenvalue weighted by molar-refractivity contribution is 7.20. The average Bonchev–Trinajstić information content (AvgIpc) is 2.93. The van der Waals surface area contributed by atoms with Crippen LogP contribution >= 0.6 is 11.3 Å². The van der Waals surface area contributed by atoms with Crippen molar-refractivity contribution in [1.82, 2.24) is 0 Å². The van der Waals surface area contributed by atoms with Crippen LogP contribution in [0.3, 0.4) is 0 Å². The fraction of sp³-hybridized carbons (Fsp3) is 0.111. The molecule has 3 aromatic rings. The third-order valence-electron chi connectivity index (χ3n) is 3.56. The third kappa shape index (κ3) is 2.46. The van der Waals surface area contributed by atoms with Crippen LogP contribution in [0, 0.1) is 18.3 Å². The third-order valence-corrected chi connectivity index (χ3v) is 4.69. The van der Waals surface area contributed by atoms with E-state index in [0.717, 1.165) is 21.2 Å². The summed E-state index contributed by atoms with van der Waals surface area (Å²) in [6, 6.07) is 19.5. The molecule has 0 amide bonds. The average molecular weight is 291 g/mol. The summed E-state index contributed by atoms with van der Waals surface area (Å²) >= 11 is 1.45. The van der Waals surface area contributed by atoms with Crippen LogP contribution in [0.5, 0.6) is 0 Å². The van der Waals surface area contributed by atoms with Gasteiger partial charge in [0.05, 0.1) is 10.9 Å². The number of nitrogens with zero attached hydrogens (tertiary/aromatic N) is 1. The van der Waals surface area contributed by atoms with Gasteiger partial charge in [0.15, 0.2) is 5.78 Å². The van der Waals surface area contributed by atoms with E-state index in [-0.39, 0.29) is 5.78 Å². The predicted octanol–water partition coefficient (Wildman–Crippen LogP) is 4.70. The lowest BCUT2D eigenvalue weighted by atomic mass is 9.92. The van der Waals surface area contributed by atoms with Crippen LogP contribution in [0.2, 0.25) is 0 Å². The Kier molecular flexibility index (Phi) is 3.55. The van der Waals surface area contributed by atoms with E-state index in [2.05, 4.69) is 6.07 Å². The number of nitriles is 1. The largest absolute Gasteiger partial charge is 0.291 e. The highest BCUT2D eigenvalue weighted by Gasteiger charge is 2.24. The van der Waals surface area contributed by atoms with Crippen molar-refractivity contribution in [3.05, 3.63) is 70.6 Å². The molecule has 0 aliphatic rings. The molecule has 2 nitrogen and oxygen atoms in total. The highest BCUT2D eigenvalue weighted by Crippen LogP contribution is 2.30. The van der Waals surface area contributed by atoms with Crippen molar-refractivity contribution in [2.24, 2.45) is 0 Å². The molecular weight excluding hydrogens is 278 g/mol. The van der Waals surface area contributed by atoms with Crippen LogP contribution in [-0.4, -0.2) is 5.78 Å². The summed E-state index contributed by atoms with van der Waals surface area (Å²) < 4.78 is 1.07. The minimum atomic E-state index is -0.737. The fourth-order valence-corrected chi connectivity index (χ4v) is 3.46. The number of Topliss-reactive ketones (excluding diaryl/α,β-unsaturated/α-hetero) is 1. The van der Waals surface area contributed by atoms with Crippen LogP contribution in [-0.2, 0) is 0 Å². The maximum Gasteiger partial charge on any atom is 0.194 e. The van der Waals surface area contributed by atoms with E-state index < -0.39 is 5.92 Å². The zero-order valence-electron chi connectivity index (χ0n) is 11.5. The molecule has 3 rings (SSSR count). The Bertz CT molecular complexity index is 824. The minimum absolute atomic E-state index is 0.118. The van der Waals surface area contributed by atoms with Gasteiger partial charge in [-0.1, -0.05) is 42.5 Å². The number of aryl methyl sites for hydroxylation is 1. The Morgan fingerprint density at radius 2 is 1.86 bits per heavy atom. The van der Waals surface area contributed by atoms with Crippen LogP contribution in [0.15, 0.2) is 54.6 Å². The molecule has 0 N–H and O–H groups in total. The van der Waals surface area contributed by atoms with Crippen molar-refractivity contribution in [2.75, 3.05) is 0 Å². The van der Waals surface area contributed by atoms with Gasteiger partial charge in [-0.2, -0.15) is 5.26 Å². The molecule has 0 fully saturated rings. The molecule has 0 bridgehead atoms. The molecule has 1 atom stereocenters. The van der Waals surface area contributed by atoms with Crippen molar-refractivity contribution in [3.63, 3.8) is 0 Å². The Morgan fingerprint density at radius 3 is 2.57 bits per heavy atom. The maximum absolute atomic E-state index is 12.7. The van der Waals surface area contributed by atoms with Crippen molar-refractivity contribution in [3.8, 4) is 6.07 Å². The second kappa shape index (κ2) is 5.51. The SMILES string of the molecule is Cc1ccccc1C(C#N)C(=O)c1cc2ccccc2s1. The minimum Gasteiger partial charge on any atom is -0.291 e. The predicted molar refractivity (Wildman–Crippen MR) is 85.7 cm³/mol. The molecule has 1 heterocycles. The van der Waals surface area contributed by atoms with Gasteiger partial charge >= 0.3 is 0 Å². The first-order valence-corrected chi connectivity index (χ1v) is 7.50. The number of carbonyl (C=O) groups excluding carboxylic acids is 1. The summed E-state index contributed by atoms with van der Waals surface area (Å²) in [6.45, 7) is 1.93. The summed E-state index contributed by atoms with van der Waals surface area (Å²) in [5, 5.41) is 10.5. The molecule has 0 saturated heterocycles. The summed E-state index contributed by atoms with van der Waals surface area (Å²) in [5.74, 6) is -0.854. The smallest absolute Gasteiger partial charge is 0.194 e. The van der Waals surface area contributed by atoms with Gasteiger partial charge in [0.25, 0.3) is 0 Å². The molecule has 0 aliphatic carbocycles. The molecule has 1 aromatic heterocycles. The normalized spacial score (nSPS) is 12.0. The number of rotatable bonds is 3. The summed E-state index contributed by atoms with van der Waals surface area (Å²) in [7, 11) is 0. The lowest BCUT2D eigenvalue weighted by Gasteiger charge is -2.10. The van der Waals surface area contributed by atoms with Crippen molar-refractivity contribution in [2.45, 2.75) is 12.8 Å². The first-order valence-electron chi connectivity index (χ1n) is 6.68. The van der Waals surface area contributed by atoms with Crippen molar-refractivity contribution < 1.29 is 4.79 Å². The number of ketones is 1. The quantitative estimate of drug-likeness (QED) is 0.656. The van der Waals surface area contributed by atoms with E-state index in [1.807, 2.05) is 61.5 Å². The lowest BCUT2D eigenvalue weighted by molar-refractivity contribution is 0.0982. The van der Waals surface area contributed by atoms with Crippen LogP contribution in [0.1, 0.15) is 26.7 Å². The van der Waals surface area contributed by atoms with Gasteiger partial charge in [-0.25, -0.2) is 0 Å². The molecule has 2 aromatic carbocycles. The second-order valence-electron chi connectivity index (χ2n) is 4.93. The molecule has 21 heavy (non-hydrogen) atoms. The number of fused-ring (bicyclic) bond motifs is 1. The van der Waals surface area contributed by atoms with Crippen LogP contribution < -0.4 is 0 Å². The Balaban J connectivity index is 2.03. The molecule has 3 heteroatoms. The van der Waals surface area contributed by atoms with Crippen LogP contribution in [0.4, 0.5) is 0 Å². The van der Waals surface area contributed by atoms with Gasteiger partial charge < -0.3 is 0 Å². The highest BCUT2D eigenvalue weighted by atomic mass is 32.1. The van der Waals surface area contributed by atoms with Gasteiger partial charge in [-0.15, -0.1) is 11.3 Å². The summed E-state index contributed by atoms with van der Waals surface area (Å²) in [6.07, 6.45) is 0. The van der Waals surface area contributed by atoms with Crippen molar-refractivity contribution >= 4 is 27.2 Å². The number of hydrogen-bond acceptors (Lipinski definition) is 3. The topological polar surface area (TPSA) is 40.9 Å². The molecule has 102 valence electrons. The van der Waals surface area contributed by atoms with E-state index in [0.29, 0.717) is 4.88 Å². The first kappa shape index (κ1) is 13.5. The Labute approximate surface area is 127 Å². The molecule has 0 saturated carbocycles. The number of thiophene rings is 1. The molecule has 0 aliphatic heterocycles. The Morgan fingerprint density at radius 1 is 1.14 bits per heavy atom. The number of carbonyl (C=O) groups is 1. The number of hydrogen-bond donors (Lipinski definition) is 0. The summed E-state index contributed by atoms with van der Waals surface area (Å²) in [4.78, 5) is 13.3. The van der Waals surface area contributed by atoms with Gasteiger partial charge in [0.2, 0.25) is 0 Å². The van der Waals surface area contributed by atoms with E-state index in [1.165, 1.54) is 11.3 Å². The van der Waals surface area contributed by atoms with E-state index in [1.54, 1.807) is 0 Å². The zero-order valence-corrected chi connectivity index (χ0v) is 12.4. The fourth-order valence-electron chi connectivity index (χ4n) is 2.43. The van der Waals surface area contributed by atoms with Gasteiger partial charge in [-0.05, 0) is 35.6 Å². The van der Waals surface area contributed by atoms with Gasteiger partial charge in [0, 0.05) is 4.70 Å². The second-order valence-corrected chi connectivity index (χ2v) is 6.02. The first-order chi connectivity index (χ1) is 10.2. The molecular formula is C18H13NOS. The number of benzene rings is 2. The summed E-state index contributed by atoms with van der Waals surface area (Å²) in [5.41, 5.74) is 1.76. The van der Waals surface area contributed by atoms with Gasteiger partial charge in [0.1, 0.15) is 5.92 Å². The maximum atomic E-state index is 12.7. The van der Waals surface area contributed by atoms with E-state index in [9.17, 15) is 10.1 Å². The molecule has 0 spiro atoms. The molecule has 1 unspecified atom stereocenters. The Hall–Kier alpha value is -2.44. The van der Waals surface area contributed by atoms with Gasteiger partial charge in [-0.3, -0.25) is 4.79 Å². The van der Waals surface area contributed by atoms with E-state index in [4.69, 9.17) is 0 Å². The standard InChI is InChI=1S/C18H13NOS/c1-12-6-2-4-8-14(12)15(11-19)18(20)17-10-13-7-3-5-9-16(13)21-17/h2-10,15H,1H3. The van der Waals surface area contributed by atoms with Crippen molar-refractivity contribution in [1.29, 1.82) is 5.26 Å². The molecule has 0 radical (unpaired) electrons. The van der Waals surface area contributed by atoms with Crippen LogP contribution in [0.25, 0.3) is 10.1 Å². The van der Waals surface area contributed by atoms with E-state index >= 15 is 0 Å². The zero-order chi connectivity index (χ0) is 14.8. The monoisotopic (exact) mass is 291 g/mol.